The highest BCUT2D eigenvalue weighted by atomic mass is 16.5. The van der Waals surface area contributed by atoms with Crippen LogP contribution in [0.1, 0.15) is 22.3 Å². The topological polar surface area (TPSA) is 90.3 Å². The first-order valence-electron chi connectivity index (χ1n) is 13.5. The van der Waals surface area contributed by atoms with E-state index in [1.54, 1.807) is 0 Å². The highest BCUT2D eigenvalue weighted by Crippen LogP contribution is 2.41. The van der Waals surface area contributed by atoms with E-state index in [1.165, 1.54) is 0 Å². The molecule has 1 aromatic rings. The molecule has 202 valence electrons. The van der Waals surface area contributed by atoms with Crippen LogP contribution in [0, 0.1) is 0 Å². The Labute approximate surface area is 214 Å². The van der Waals surface area contributed by atoms with Crippen LogP contribution in [0.5, 0.6) is 11.5 Å². The standard InChI is InChI=1S/C26H42N4O6/c31-25-21(17-27-1-9-33-10-2-27)22(18-28-3-11-34-12-4-28)26(32)24(20-30-7-15-36-16-8-30)23(25)19-29-5-13-35-14-6-29/h31-32H,1-20H2. The quantitative estimate of drug-likeness (QED) is 0.484. The number of nitrogens with zero attached hydrogens (tertiary/aromatic N) is 4. The normalized spacial score (nSPS) is 23.8. The molecule has 5 rings (SSSR count). The van der Waals surface area contributed by atoms with Gasteiger partial charge in [0.1, 0.15) is 11.5 Å². The minimum atomic E-state index is 0.345. The van der Waals surface area contributed by atoms with Gasteiger partial charge in [-0.1, -0.05) is 0 Å². The monoisotopic (exact) mass is 506 g/mol. The molecule has 0 spiro atoms. The summed E-state index contributed by atoms with van der Waals surface area (Å²) in [6, 6.07) is 0. The second kappa shape index (κ2) is 12.8. The Morgan fingerprint density at radius 1 is 0.389 bits per heavy atom. The summed E-state index contributed by atoms with van der Waals surface area (Å²) in [5.41, 5.74) is 3.43. The molecule has 0 saturated carbocycles. The predicted octanol–water partition coefficient (Wildman–Crippen LogP) is 0.427. The number of benzene rings is 1. The average Bonchev–Trinajstić information content (AvgIpc) is 2.93. The van der Waals surface area contributed by atoms with Gasteiger partial charge in [0.15, 0.2) is 0 Å². The summed E-state index contributed by atoms with van der Waals surface area (Å²) in [5, 5.41) is 23.8. The minimum absolute atomic E-state index is 0.345. The summed E-state index contributed by atoms with van der Waals surface area (Å²) >= 11 is 0. The van der Waals surface area contributed by atoms with E-state index in [0.29, 0.717) is 90.5 Å². The first kappa shape index (κ1) is 26.1. The summed E-state index contributed by atoms with van der Waals surface area (Å²) in [6.07, 6.45) is 0. The zero-order valence-electron chi connectivity index (χ0n) is 21.5. The fraction of sp³-hybridized carbons (Fsp3) is 0.769. The van der Waals surface area contributed by atoms with E-state index < -0.39 is 0 Å². The summed E-state index contributed by atoms with van der Waals surface area (Å²) in [5.74, 6) is 0.689. The summed E-state index contributed by atoms with van der Waals surface area (Å²) in [7, 11) is 0. The number of hydrogen-bond acceptors (Lipinski definition) is 10. The van der Waals surface area contributed by atoms with Gasteiger partial charge in [-0.2, -0.15) is 0 Å². The summed E-state index contributed by atoms with van der Waals surface area (Å²) in [4.78, 5) is 9.28. The lowest BCUT2D eigenvalue weighted by molar-refractivity contribution is 0.0284. The Kier molecular flexibility index (Phi) is 9.31. The van der Waals surface area contributed by atoms with Crippen LogP contribution in [0.2, 0.25) is 0 Å². The van der Waals surface area contributed by atoms with Crippen LogP contribution < -0.4 is 0 Å². The molecule has 4 heterocycles. The van der Waals surface area contributed by atoms with E-state index in [9.17, 15) is 10.2 Å². The zero-order chi connectivity index (χ0) is 24.7. The van der Waals surface area contributed by atoms with Crippen LogP contribution in [0.15, 0.2) is 0 Å². The van der Waals surface area contributed by atoms with Crippen LogP contribution in [-0.4, -0.2) is 135 Å². The number of rotatable bonds is 8. The molecule has 0 aliphatic carbocycles. The third kappa shape index (κ3) is 6.49. The second-order valence-electron chi connectivity index (χ2n) is 10.2. The summed E-state index contributed by atoms with van der Waals surface area (Å²) in [6.45, 7) is 14.6. The minimum Gasteiger partial charge on any atom is -0.507 e. The molecule has 0 aromatic heterocycles. The van der Waals surface area contributed by atoms with Crippen molar-refractivity contribution in [2.24, 2.45) is 0 Å². The highest BCUT2D eigenvalue weighted by Gasteiger charge is 2.29. The maximum atomic E-state index is 11.9. The van der Waals surface area contributed by atoms with Gasteiger partial charge >= 0.3 is 0 Å². The molecule has 0 amide bonds. The average molecular weight is 507 g/mol. The third-order valence-electron chi connectivity index (χ3n) is 7.81. The van der Waals surface area contributed by atoms with E-state index in [-0.39, 0.29) is 0 Å². The number of phenolic OH excluding ortho intramolecular Hbond substituents is 2. The van der Waals surface area contributed by atoms with Gasteiger partial charge in [-0.3, -0.25) is 19.6 Å². The van der Waals surface area contributed by atoms with E-state index >= 15 is 0 Å². The number of morpholine rings is 4. The van der Waals surface area contributed by atoms with Crippen LogP contribution in [0.25, 0.3) is 0 Å². The van der Waals surface area contributed by atoms with Gasteiger partial charge in [0.25, 0.3) is 0 Å². The first-order chi connectivity index (χ1) is 17.7. The molecule has 4 aliphatic rings. The van der Waals surface area contributed by atoms with Crippen molar-refractivity contribution in [3.8, 4) is 11.5 Å². The molecule has 4 aliphatic heterocycles. The van der Waals surface area contributed by atoms with E-state index in [1.807, 2.05) is 0 Å². The molecule has 0 bridgehead atoms. The van der Waals surface area contributed by atoms with Crippen molar-refractivity contribution in [3.63, 3.8) is 0 Å². The number of hydrogen-bond donors (Lipinski definition) is 2. The SMILES string of the molecule is Oc1c(CN2CCOCC2)c(CN2CCOCC2)c(O)c(CN2CCOCC2)c1CN1CCOCC1. The third-order valence-corrected chi connectivity index (χ3v) is 7.81. The smallest absolute Gasteiger partial charge is 0.125 e. The lowest BCUT2D eigenvalue weighted by Gasteiger charge is -2.34. The molecular formula is C26H42N4O6. The molecule has 10 nitrogen and oxygen atoms in total. The van der Waals surface area contributed by atoms with Crippen molar-refractivity contribution in [2.75, 3.05) is 105 Å². The van der Waals surface area contributed by atoms with Crippen molar-refractivity contribution in [3.05, 3.63) is 22.3 Å². The maximum Gasteiger partial charge on any atom is 0.125 e. The molecule has 0 unspecified atom stereocenters. The molecular weight excluding hydrogens is 464 g/mol. The highest BCUT2D eigenvalue weighted by molar-refractivity contribution is 5.58. The van der Waals surface area contributed by atoms with Crippen LogP contribution in [0.3, 0.4) is 0 Å². The molecule has 10 heteroatoms. The van der Waals surface area contributed by atoms with Crippen LogP contribution in [0.4, 0.5) is 0 Å². The Bertz CT molecular complexity index is 713. The number of phenols is 2. The van der Waals surface area contributed by atoms with Gasteiger partial charge in [0, 0.05) is 101 Å². The Balaban J connectivity index is 1.52. The van der Waals surface area contributed by atoms with Crippen molar-refractivity contribution < 1.29 is 29.2 Å². The summed E-state index contributed by atoms with van der Waals surface area (Å²) < 4.78 is 22.2. The molecule has 2 N–H and O–H groups in total. The Morgan fingerprint density at radius 3 is 0.778 bits per heavy atom. The van der Waals surface area contributed by atoms with Gasteiger partial charge in [0.05, 0.1) is 52.9 Å². The van der Waals surface area contributed by atoms with Crippen LogP contribution >= 0.6 is 0 Å². The fourth-order valence-corrected chi connectivity index (χ4v) is 5.55. The van der Waals surface area contributed by atoms with Gasteiger partial charge in [-0.05, 0) is 0 Å². The predicted molar refractivity (Wildman–Crippen MR) is 134 cm³/mol. The van der Waals surface area contributed by atoms with Crippen molar-refractivity contribution >= 4 is 0 Å². The van der Waals surface area contributed by atoms with Crippen molar-refractivity contribution in [2.45, 2.75) is 26.2 Å². The molecule has 0 radical (unpaired) electrons. The van der Waals surface area contributed by atoms with Crippen molar-refractivity contribution in [1.82, 2.24) is 19.6 Å². The first-order valence-corrected chi connectivity index (χ1v) is 13.5. The van der Waals surface area contributed by atoms with Gasteiger partial charge in [0.2, 0.25) is 0 Å². The van der Waals surface area contributed by atoms with Crippen LogP contribution in [-0.2, 0) is 45.1 Å². The van der Waals surface area contributed by atoms with Gasteiger partial charge in [-0.15, -0.1) is 0 Å². The van der Waals surface area contributed by atoms with Gasteiger partial charge < -0.3 is 29.2 Å². The largest absolute Gasteiger partial charge is 0.507 e. The number of aromatic hydroxyl groups is 2. The Morgan fingerprint density at radius 2 is 0.583 bits per heavy atom. The molecule has 1 aromatic carbocycles. The number of ether oxygens (including phenoxy) is 4. The zero-order valence-corrected chi connectivity index (χ0v) is 21.5. The molecule has 0 atom stereocenters. The molecule has 36 heavy (non-hydrogen) atoms. The second-order valence-corrected chi connectivity index (χ2v) is 10.2. The molecule has 4 saturated heterocycles. The Hall–Kier alpha value is -1.50. The van der Waals surface area contributed by atoms with E-state index in [2.05, 4.69) is 19.6 Å². The van der Waals surface area contributed by atoms with E-state index in [0.717, 1.165) is 74.6 Å². The molecule has 4 fully saturated rings. The van der Waals surface area contributed by atoms with Gasteiger partial charge in [-0.25, -0.2) is 0 Å². The van der Waals surface area contributed by atoms with E-state index in [4.69, 9.17) is 18.9 Å². The maximum absolute atomic E-state index is 11.9. The fourth-order valence-electron chi connectivity index (χ4n) is 5.55. The lowest BCUT2D eigenvalue weighted by Crippen LogP contribution is -2.39. The lowest BCUT2D eigenvalue weighted by atomic mass is 9.92. The van der Waals surface area contributed by atoms with Crippen molar-refractivity contribution in [1.29, 1.82) is 0 Å².